The lowest BCUT2D eigenvalue weighted by atomic mass is 9.80. The van der Waals surface area contributed by atoms with Gasteiger partial charge in [0, 0.05) is 11.6 Å². The quantitative estimate of drug-likeness (QED) is 0.793. The predicted molar refractivity (Wildman–Crippen MR) is 78.4 cm³/mol. The molecule has 0 aromatic carbocycles. The van der Waals surface area contributed by atoms with Gasteiger partial charge in [-0.15, -0.1) is 0 Å². The van der Waals surface area contributed by atoms with Crippen LogP contribution in [0.1, 0.15) is 69.8 Å². The van der Waals surface area contributed by atoms with Crippen molar-refractivity contribution < 1.29 is 0 Å². The Hall–Kier alpha value is -0.700. The van der Waals surface area contributed by atoms with Gasteiger partial charge in [-0.25, -0.2) is 4.98 Å². The molecular formula is C15H24N2S. The van der Waals surface area contributed by atoms with Gasteiger partial charge in [-0.05, 0) is 44.1 Å². The van der Waals surface area contributed by atoms with Gasteiger partial charge in [-0.2, -0.15) is 0 Å². The van der Waals surface area contributed by atoms with Gasteiger partial charge in [-0.1, -0.05) is 38.9 Å². The number of aryl methyl sites for hydroxylation is 1. The largest absolute Gasteiger partial charge is 0.347 e. The van der Waals surface area contributed by atoms with E-state index in [-0.39, 0.29) is 0 Å². The van der Waals surface area contributed by atoms with Crippen LogP contribution in [0.2, 0.25) is 0 Å². The molecule has 0 spiro atoms. The Morgan fingerprint density at radius 3 is 2.61 bits per heavy atom. The summed E-state index contributed by atoms with van der Waals surface area (Å²) < 4.78 is 0.747. The summed E-state index contributed by atoms with van der Waals surface area (Å²) in [6.07, 6.45) is 8.98. The highest BCUT2D eigenvalue weighted by Gasteiger charge is 2.23. The van der Waals surface area contributed by atoms with Gasteiger partial charge >= 0.3 is 0 Å². The summed E-state index contributed by atoms with van der Waals surface area (Å²) >= 11 is 5.26. The van der Waals surface area contributed by atoms with Crippen molar-refractivity contribution in [2.75, 3.05) is 0 Å². The normalized spacial score (nSPS) is 24.1. The summed E-state index contributed by atoms with van der Waals surface area (Å²) in [6.45, 7) is 4.44. The number of H-pyrrole nitrogens is 1. The molecule has 1 aromatic heterocycles. The third-order valence-electron chi connectivity index (χ3n) is 4.13. The van der Waals surface area contributed by atoms with E-state index in [0.29, 0.717) is 5.92 Å². The van der Waals surface area contributed by atoms with Gasteiger partial charge < -0.3 is 4.98 Å². The Kier molecular flexibility index (Phi) is 4.93. The molecule has 0 saturated heterocycles. The van der Waals surface area contributed by atoms with Crippen molar-refractivity contribution in [1.29, 1.82) is 0 Å². The monoisotopic (exact) mass is 264 g/mol. The number of hydrogen-bond acceptors (Lipinski definition) is 2. The first-order valence-electron chi connectivity index (χ1n) is 7.33. The highest BCUT2D eigenvalue weighted by molar-refractivity contribution is 7.71. The summed E-state index contributed by atoms with van der Waals surface area (Å²) in [6, 6.07) is 1.99. The van der Waals surface area contributed by atoms with Gasteiger partial charge in [0.05, 0.1) is 0 Å². The molecule has 100 valence electrons. The molecule has 0 amide bonds. The molecule has 1 saturated carbocycles. The Labute approximate surface area is 115 Å². The predicted octanol–water partition coefficient (Wildman–Crippen LogP) is 4.78. The van der Waals surface area contributed by atoms with Crippen LogP contribution in [0.15, 0.2) is 6.07 Å². The molecule has 0 radical (unpaired) electrons. The van der Waals surface area contributed by atoms with Crippen molar-refractivity contribution >= 4 is 12.2 Å². The Bertz CT molecular complexity index is 430. The SMILES string of the molecule is CCCC1CCC(c2nc(=S)cc(CC)[nH]2)CC1. The molecule has 1 aromatic rings. The van der Waals surface area contributed by atoms with Crippen molar-refractivity contribution in [3.63, 3.8) is 0 Å². The first-order valence-corrected chi connectivity index (χ1v) is 7.73. The third kappa shape index (κ3) is 3.41. The van der Waals surface area contributed by atoms with E-state index in [1.54, 1.807) is 0 Å². The smallest absolute Gasteiger partial charge is 0.129 e. The van der Waals surface area contributed by atoms with Crippen molar-refractivity contribution in [2.45, 2.75) is 64.7 Å². The average Bonchev–Trinajstić information content (AvgIpc) is 2.39. The molecular weight excluding hydrogens is 240 g/mol. The van der Waals surface area contributed by atoms with Gasteiger partial charge in [0.15, 0.2) is 0 Å². The van der Waals surface area contributed by atoms with E-state index < -0.39 is 0 Å². The minimum absolute atomic E-state index is 0.603. The Morgan fingerprint density at radius 2 is 2.00 bits per heavy atom. The van der Waals surface area contributed by atoms with Crippen LogP contribution in [0.3, 0.4) is 0 Å². The summed E-state index contributed by atoms with van der Waals surface area (Å²) in [5.41, 5.74) is 1.22. The van der Waals surface area contributed by atoms with E-state index in [1.165, 1.54) is 44.2 Å². The number of aromatic amines is 1. The fraction of sp³-hybridized carbons (Fsp3) is 0.733. The van der Waals surface area contributed by atoms with Crippen molar-refractivity contribution in [3.8, 4) is 0 Å². The van der Waals surface area contributed by atoms with E-state index in [0.717, 1.165) is 22.8 Å². The van der Waals surface area contributed by atoms with Gasteiger partial charge in [-0.3, -0.25) is 0 Å². The topological polar surface area (TPSA) is 28.7 Å². The number of nitrogens with zero attached hydrogens (tertiary/aromatic N) is 1. The lowest BCUT2D eigenvalue weighted by molar-refractivity contribution is 0.302. The van der Waals surface area contributed by atoms with E-state index in [9.17, 15) is 0 Å². The molecule has 1 aliphatic rings. The van der Waals surface area contributed by atoms with Crippen molar-refractivity contribution in [1.82, 2.24) is 9.97 Å². The maximum absolute atomic E-state index is 5.26. The fourth-order valence-corrected chi connectivity index (χ4v) is 3.29. The average molecular weight is 264 g/mol. The number of nitrogens with one attached hydrogen (secondary N) is 1. The lowest BCUT2D eigenvalue weighted by Crippen LogP contribution is -2.15. The number of aromatic nitrogens is 2. The highest BCUT2D eigenvalue weighted by atomic mass is 32.1. The molecule has 0 atom stereocenters. The van der Waals surface area contributed by atoms with Crippen LogP contribution < -0.4 is 0 Å². The molecule has 1 aliphatic carbocycles. The fourth-order valence-electron chi connectivity index (χ4n) is 3.05. The molecule has 2 nitrogen and oxygen atoms in total. The van der Waals surface area contributed by atoms with Crippen LogP contribution >= 0.6 is 12.2 Å². The molecule has 0 unspecified atom stereocenters. The van der Waals surface area contributed by atoms with Crippen molar-refractivity contribution in [3.05, 3.63) is 22.2 Å². The van der Waals surface area contributed by atoms with Crippen LogP contribution in [0, 0.1) is 10.6 Å². The van der Waals surface area contributed by atoms with E-state index >= 15 is 0 Å². The maximum atomic E-state index is 5.26. The first kappa shape index (κ1) is 13.7. The minimum Gasteiger partial charge on any atom is -0.347 e. The Balaban J connectivity index is 2.05. The zero-order valence-electron chi connectivity index (χ0n) is 11.5. The summed E-state index contributed by atoms with van der Waals surface area (Å²) in [4.78, 5) is 8.01. The second-order valence-corrected chi connectivity index (χ2v) is 5.91. The second-order valence-electron chi connectivity index (χ2n) is 5.49. The lowest BCUT2D eigenvalue weighted by Gasteiger charge is -2.27. The van der Waals surface area contributed by atoms with Crippen LogP contribution in [0.5, 0.6) is 0 Å². The molecule has 1 N–H and O–H groups in total. The van der Waals surface area contributed by atoms with Crippen LogP contribution in [0.25, 0.3) is 0 Å². The minimum atomic E-state index is 0.603. The standard InChI is InChI=1S/C15H24N2S/c1-3-5-11-6-8-12(9-7-11)15-16-13(4-2)10-14(18)17-15/h10-12H,3-9H2,1-2H3,(H,16,17,18). The zero-order chi connectivity index (χ0) is 13.0. The van der Waals surface area contributed by atoms with Gasteiger partial charge in [0.2, 0.25) is 0 Å². The van der Waals surface area contributed by atoms with E-state index in [2.05, 4.69) is 23.8 Å². The summed E-state index contributed by atoms with van der Waals surface area (Å²) in [5, 5.41) is 0. The van der Waals surface area contributed by atoms with Crippen LogP contribution in [0.4, 0.5) is 0 Å². The Morgan fingerprint density at radius 1 is 1.28 bits per heavy atom. The highest BCUT2D eigenvalue weighted by Crippen LogP contribution is 2.36. The molecule has 0 aliphatic heterocycles. The van der Waals surface area contributed by atoms with E-state index in [1.807, 2.05) is 6.07 Å². The van der Waals surface area contributed by atoms with Gasteiger partial charge in [0.1, 0.15) is 10.5 Å². The second kappa shape index (κ2) is 6.46. The van der Waals surface area contributed by atoms with Crippen LogP contribution in [-0.2, 0) is 6.42 Å². The summed E-state index contributed by atoms with van der Waals surface area (Å²) in [7, 11) is 0. The first-order chi connectivity index (χ1) is 8.72. The summed E-state index contributed by atoms with van der Waals surface area (Å²) in [5.74, 6) is 2.68. The molecule has 0 bridgehead atoms. The van der Waals surface area contributed by atoms with Crippen molar-refractivity contribution in [2.24, 2.45) is 5.92 Å². The number of hydrogen-bond donors (Lipinski definition) is 1. The van der Waals surface area contributed by atoms with E-state index in [4.69, 9.17) is 12.2 Å². The van der Waals surface area contributed by atoms with Crippen LogP contribution in [-0.4, -0.2) is 9.97 Å². The van der Waals surface area contributed by atoms with Gasteiger partial charge in [0.25, 0.3) is 0 Å². The third-order valence-corrected chi connectivity index (χ3v) is 4.34. The number of rotatable bonds is 4. The molecule has 18 heavy (non-hydrogen) atoms. The maximum Gasteiger partial charge on any atom is 0.129 e. The molecule has 3 heteroatoms. The molecule has 1 heterocycles. The molecule has 2 rings (SSSR count). The zero-order valence-corrected chi connectivity index (χ0v) is 12.4. The molecule has 1 fully saturated rings.